The Hall–Kier alpha value is -1.88. The molecule has 0 aliphatic carbocycles. The Morgan fingerprint density at radius 1 is 1.38 bits per heavy atom. The first-order valence-electron chi connectivity index (χ1n) is 4.78. The van der Waals surface area contributed by atoms with E-state index in [-0.39, 0.29) is 5.24 Å². The Bertz CT molecular complexity index is 507. The van der Waals surface area contributed by atoms with E-state index in [1.165, 1.54) is 0 Å². The van der Waals surface area contributed by atoms with Crippen molar-refractivity contribution in [3.8, 4) is 0 Å². The number of anilines is 2. The lowest BCUT2D eigenvalue weighted by Crippen LogP contribution is -2.05. The average molecular weight is 234 g/mol. The molecule has 1 amide bonds. The van der Waals surface area contributed by atoms with Crippen molar-refractivity contribution in [1.29, 1.82) is 0 Å². The first-order valence-corrected chi connectivity index (χ1v) is 6.07. The Morgan fingerprint density at radius 3 is 2.62 bits per heavy atom. The molecule has 4 nitrogen and oxygen atoms in total. The van der Waals surface area contributed by atoms with E-state index in [9.17, 15) is 4.79 Å². The van der Waals surface area contributed by atoms with Crippen molar-refractivity contribution in [2.45, 2.75) is 6.92 Å². The average Bonchev–Trinajstić information content (AvgIpc) is 2.59. The molecule has 0 aliphatic rings. The highest BCUT2D eigenvalue weighted by Crippen LogP contribution is 2.28. The molecule has 0 fully saturated rings. The maximum atomic E-state index is 11.9. The second-order valence-corrected chi connectivity index (χ2v) is 5.03. The first kappa shape index (κ1) is 10.6. The minimum Gasteiger partial charge on any atom is -0.338 e. The number of nitrogens with zero attached hydrogens (tertiary/aromatic N) is 1. The number of aryl methyl sites for hydroxylation is 1. The first-order chi connectivity index (χ1) is 7.66. The van der Waals surface area contributed by atoms with Gasteiger partial charge in [0.2, 0.25) is 0 Å². The maximum Gasteiger partial charge on any atom is 0.463 e. The van der Waals surface area contributed by atoms with Crippen LogP contribution in [0.4, 0.5) is 15.6 Å². The number of para-hydroxylation sites is 1. The van der Waals surface area contributed by atoms with Crippen molar-refractivity contribution in [1.82, 2.24) is 4.98 Å². The molecular weight excluding hydrogens is 222 g/mol. The predicted octanol–water partition coefficient (Wildman–Crippen LogP) is 2.80. The number of thiazole rings is 1. The van der Waals surface area contributed by atoms with E-state index < -0.39 is 10.5 Å². The number of nitrogens with two attached hydrogens (primary N) is 1. The van der Waals surface area contributed by atoms with Gasteiger partial charge in [-0.3, -0.25) is 5.32 Å². The fourth-order valence-corrected chi connectivity index (χ4v) is 2.60. The Morgan fingerprint density at radius 2 is 2.06 bits per heavy atom. The third kappa shape index (κ3) is 2.20. The molecule has 1 heterocycles. The van der Waals surface area contributed by atoms with Gasteiger partial charge in [-0.1, -0.05) is 18.2 Å². The summed E-state index contributed by atoms with van der Waals surface area (Å²) in [6.07, 6.45) is 0. The minimum atomic E-state index is -0.732. The Kier molecular flexibility index (Phi) is 2.87. The van der Waals surface area contributed by atoms with Gasteiger partial charge in [0.1, 0.15) is 10.5 Å². The fourth-order valence-electron chi connectivity index (χ4n) is 1.32. The van der Waals surface area contributed by atoms with Gasteiger partial charge in [-0.05, 0) is 19.1 Å². The zero-order valence-electron chi connectivity index (χ0n) is 8.81. The van der Waals surface area contributed by atoms with E-state index in [4.69, 9.17) is 5.73 Å². The summed E-state index contributed by atoms with van der Waals surface area (Å²) in [4.78, 5) is 15.9. The molecular formula is C11H12N3OS+. The molecule has 0 bridgehead atoms. The lowest BCUT2D eigenvalue weighted by atomic mass is 10.3. The number of carbonyl (C=O) groups is 1. The van der Waals surface area contributed by atoms with Gasteiger partial charge >= 0.3 is 10.4 Å². The third-order valence-electron chi connectivity index (χ3n) is 2.02. The van der Waals surface area contributed by atoms with Crippen LogP contribution in [0.3, 0.4) is 0 Å². The van der Waals surface area contributed by atoms with E-state index in [0.29, 0.717) is 5.13 Å². The van der Waals surface area contributed by atoms with E-state index in [0.717, 1.165) is 11.4 Å². The normalized spacial score (nSPS) is 11.2. The van der Waals surface area contributed by atoms with Gasteiger partial charge in [0, 0.05) is 5.69 Å². The lowest BCUT2D eigenvalue weighted by Gasteiger charge is -1.97. The maximum absolute atomic E-state index is 11.9. The SMILES string of the molecule is Cc1c[s+](C(=O)Nc2ccccc2)c(N)n1. The summed E-state index contributed by atoms with van der Waals surface area (Å²) in [5.41, 5.74) is 7.24. The van der Waals surface area contributed by atoms with Crippen molar-refractivity contribution < 1.29 is 4.79 Å². The van der Waals surface area contributed by atoms with Crippen LogP contribution in [0.1, 0.15) is 5.69 Å². The van der Waals surface area contributed by atoms with Crippen LogP contribution in [0.2, 0.25) is 0 Å². The minimum absolute atomic E-state index is 0.121. The van der Waals surface area contributed by atoms with Crippen LogP contribution < -0.4 is 11.1 Å². The summed E-state index contributed by atoms with van der Waals surface area (Å²) in [5.74, 6) is 0. The summed E-state index contributed by atoms with van der Waals surface area (Å²) < 4.78 is 0. The van der Waals surface area contributed by atoms with Crippen LogP contribution in [0.25, 0.3) is 0 Å². The van der Waals surface area contributed by atoms with Crippen LogP contribution in [-0.4, -0.2) is 10.2 Å². The van der Waals surface area contributed by atoms with Gasteiger partial charge in [-0.2, -0.15) is 4.98 Å². The number of benzene rings is 1. The van der Waals surface area contributed by atoms with Crippen molar-refractivity contribution in [3.63, 3.8) is 0 Å². The smallest absolute Gasteiger partial charge is 0.338 e. The fraction of sp³-hybridized carbons (Fsp3) is 0.0909. The van der Waals surface area contributed by atoms with E-state index in [1.54, 1.807) is 5.38 Å². The second kappa shape index (κ2) is 4.32. The summed E-state index contributed by atoms with van der Waals surface area (Å²) >= 11 is 0. The third-order valence-corrected chi connectivity index (χ3v) is 3.64. The predicted molar refractivity (Wildman–Crippen MR) is 66.7 cm³/mol. The molecule has 82 valence electrons. The molecule has 2 aromatic rings. The van der Waals surface area contributed by atoms with Gasteiger partial charge in [0.25, 0.3) is 0 Å². The van der Waals surface area contributed by atoms with Crippen LogP contribution in [0.5, 0.6) is 0 Å². The number of hydrogen-bond acceptors (Lipinski definition) is 3. The van der Waals surface area contributed by atoms with E-state index >= 15 is 0 Å². The molecule has 2 rings (SSSR count). The van der Waals surface area contributed by atoms with E-state index in [2.05, 4.69) is 10.3 Å². The largest absolute Gasteiger partial charge is 0.463 e. The van der Waals surface area contributed by atoms with Crippen LogP contribution in [-0.2, 0) is 0 Å². The zero-order valence-corrected chi connectivity index (χ0v) is 9.62. The van der Waals surface area contributed by atoms with Crippen molar-refractivity contribution in [2.75, 3.05) is 11.1 Å². The molecule has 0 radical (unpaired) electrons. The number of rotatable bonds is 2. The molecule has 1 aromatic heterocycles. The topological polar surface area (TPSA) is 68.0 Å². The number of nitrogen functional groups attached to an aromatic ring is 1. The van der Waals surface area contributed by atoms with Crippen molar-refractivity contribution in [3.05, 3.63) is 41.4 Å². The molecule has 0 aliphatic heterocycles. The molecule has 1 unspecified atom stereocenters. The molecule has 0 saturated heterocycles. The molecule has 1 atom stereocenters. The standard InChI is InChI=1S/C11H11N3OS/c1-8-7-16(10(12)13-8)11(15)14-9-5-3-2-4-6-9/h2-7H,1H3,(H2-,12,13,14,15)/p+1. The van der Waals surface area contributed by atoms with Crippen LogP contribution >= 0.6 is 10.5 Å². The summed E-state index contributed by atoms with van der Waals surface area (Å²) in [6.45, 7) is 1.83. The van der Waals surface area contributed by atoms with Gasteiger partial charge in [-0.15, -0.1) is 0 Å². The molecule has 16 heavy (non-hydrogen) atoms. The highest BCUT2D eigenvalue weighted by atomic mass is 32.2. The summed E-state index contributed by atoms with van der Waals surface area (Å²) in [7, 11) is -0.732. The lowest BCUT2D eigenvalue weighted by molar-refractivity contribution is 0.269. The van der Waals surface area contributed by atoms with Gasteiger partial charge in [-0.25, -0.2) is 4.79 Å². The number of nitrogens with one attached hydrogen (secondary N) is 1. The highest BCUT2D eigenvalue weighted by Gasteiger charge is 2.24. The number of hydrogen-bond donors (Lipinski definition) is 2. The summed E-state index contributed by atoms with van der Waals surface area (Å²) in [5, 5.41) is 4.85. The quantitative estimate of drug-likeness (QED) is 0.785. The van der Waals surface area contributed by atoms with Crippen molar-refractivity contribution >= 4 is 26.5 Å². The van der Waals surface area contributed by atoms with Crippen molar-refractivity contribution in [2.24, 2.45) is 0 Å². The van der Waals surface area contributed by atoms with E-state index in [1.807, 2.05) is 37.3 Å². The van der Waals surface area contributed by atoms with Crippen LogP contribution in [0.15, 0.2) is 35.7 Å². The molecule has 0 spiro atoms. The highest BCUT2D eigenvalue weighted by molar-refractivity contribution is 7.53. The molecule has 1 aromatic carbocycles. The van der Waals surface area contributed by atoms with Gasteiger partial charge in [0.05, 0.1) is 5.69 Å². The van der Waals surface area contributed by atoms with Gasteiger partial charge < -0.3 is 5.73 Å². The number of amides is 1. The van der Waals surface area contributed by atoms with Crippen LogP contribution in [0, 0.1) is 6.92 Å². The second-order valence-electron chi connectivity index (χ2n) is 3.33. The monoisotopic (exact) mass is 234 g/mol. The molecule has 5 heteroatoms. The number of aromatic nitrogens is 1. The molecule has 0 saturated carbocycles. The Labute approximate surface area is 96.1 Å². The number of carbonyl (C=O) groups excluding carboxylic acids is 1. The zero-order chi connectivity index (χ0) is 11.5. The molecule has 3 N–H and O–H groups in total. The van der Waals surface area contributed by atoms with Gasteiger partial charge in [0.15, 0.2) is 5.38 Å². The summed E-state index contributed by atoms with van der Waals surface area (Å²) in [6, 6.07) is 9.30. The Balaban J connectivity index is 2.18.